The molecule has 2 saturated carbocycles. The van der Waals surface area contributed by atoms with Crippen LogP contribution < -0.4 is 0 Å². The van der Waals surface area contributed by atoms with E-state index in [2.05, 4.69) is 73.6 Å². The molecule has 0 radical (unpaired) electrons. The molecule has 3 unspecified atom stereocenters. The zero-order valence-electron chi connectivity index (χ0n) is 31.5. The summed E-state index contributed by atoms with van der Waals surface area (Å²) in [6.45, 7) is 18.7. The lowest BCUT2D eigenvalue weighted by molar-refractivity contribution is 0.100. The van der Waals surface area contributed by atoms with Gasteiger partial charge in [-0.1, -0.05) is 115 Å². The summed E-state index contributed by atoms with van der Waals surface area (Å²) in [5.74, 6) is 4.47. The lowest BCUT2D eigenvalue weighted by Crippen LogP contribution is -2.18. The van der Waals surface area contributed by atoms with E-state index in [1.165, 1.54) is 135 Å². The monoisotopic (exact) mass is 617 g/mol. The number of unbranched alkanes of at least 4 members (excludes halogenated alkanes) is 3. The Morgan fingerprint density at radius 3 is 2.07 bits per heavy atom. The Bertz CT molecular complexity index is 750. The van der Waals surface area contributed by atoms with Crippen molar-refractivity contribution in [3.63, 3.8) is 0 Å². The summed E-state index contributed by atoms with van der Waals surface area (Å²) in [4.78, 5) is 0. The van der Waals surface area contributed by atoms with Gasteiger partial charge in [0.2, 0.25) is 0 Å². The third kappa shape index (κ3) is 20.3. The van der Waals surface area contributed by atoms with Crippen LogP contribution in [0.3, 0.4) is 0 Å². The topological polar surface area (TPSA) is 40.7 Å². The summed E-state index contributed by atoms with van der Waals surface area (Å²) in [6, 6.07) is 0. The molecule has 0 spiro atoms. The van der Waals surface area contributed by atoms with Gasteiger partial charge in [-0.05, 0) is 140 Å². The van der Waals surface area contributed by atoms with Crippen LogP contribution in [0.2, 0.25) is 0 Å². The van der Waals surface area contributed by atoms with Crippen molar-refractivity contribution in [2.75, 3.05) is 7.11 Å². The molecule has 0 heterocycles. The lowest BCUT2D eigenvalue weighted by atomic mass is 9.73. The fourth-order valence-corrected chi connectivity index (χ4v) is 6.94. The van der Waals surface area contributed by atoms with Crippen LogP contribution in [0.25, 0.3) is 0 Å². The molecule has 0 saturated heterocycles. The molecular weight excluding hydrogens is 536 g/mol. The second-order valence-electron chi connectivity index (χ2n) is 14.7. The maximum absolute atomic E-state index is 5.07. The summed E-state index contributed by atoms with van der Waals surface area (Å²) in [7, 11) is 1.78. The Labute approximate surface area is 277 Å². The SMILES string of the molecule is CC/C=C\CCCC1CCC(/C(CCC)=C(/CCCCCC(C)C/C=C(\C)CC)CC(C)CC)CC1.COC(C)C1CC1.O. The molecule has 3 atom stereocenters. The lowest BCUT2D eigenvalue weighted by Gasteiger charge is -2.32. The molecule has 44 heavy (non-hydrogen) atoms. The maximum atomic E-state index is 5.07. The molecule has 0 aromatic rings. The zero-order valence-corrected chi connectivity index (χ0v) is 31.5. The molecule has 2 nitrogen and oxygen atoms in total. The number of hydrogen-bond acceptors (Lipinski definition) is 1. The van der Waals surface area contributed by atoms with Gasteiger partial charge in [0, 0.05) is 7.11 Å². The van der Waals surface area contributed by atoms with Gasteiger partial charge >= 0.3 is 0 Å². The Kier molecular flexibility index (Phi) is 26.7. The van der Waals surface area contributed by atoms with Crippen molar-refractivity contribution in [1.29, 1.82) is 0 Å². The fourth-order valence-electron chi connectivity index (χ4n) is 6.94. The van der Waals surface area contributed by atoms with E-state index in [4.69, 9.17) is 4.74 Å². The van der Waals surface area contributed by atoms with Crippen LogP contribution in [0.4, 0.5) is 0 Å². The molecular formula is C42H80O2. The molecule has 2 heteroatoms. The zero-order chi connectivity index (χ0) is 31.9. The Morgan fingerprint density at radius 2 is 1.52 bits per heavy atom. The van der Waals surface area contributed by atoms with E-state index in [1.807, 2.05) is 11.1 Å². The highest BCUT2D eigenvalue weighted by Crippen LogP contribution is 2.40. The molecule has 2 aliphatic carbocycles. The normalized spacial score (nSPS) is 21.6. The van der Waals surface area contributed by atoms with Crippen LogP contribution in [0.5, 0.6) is 0 Å². The van der Waals surface area contributed by atoms with Crippen LogP contribution in [0.1, 0.15) is 190 Å². The first kappa shape index (κ1) is 43.1. The second kappa shape index (κ2) is 27.3. The van der Waals surface area contributed by atoms with E-state index in [9.17, 15) is 0 Å². The standard InChI is InChI=1S/C36H66.C6H12O.H2O/c1-8-12-13-14-17-21-33-25-27-34(28-26-33)36(19-9-2)35(29-31(6)11-4)22-18-15-16-20-32(7)24-23-30(5)10-3;1-5(7-2)6-3-4-6;/h12-13,23,31-34H,8-11,14-22,24-29H2,1-7H3;5-6H,3-4H2,1-2H3;1H2/b13-12-,30-23+,36-35-;;. The highest BCUT2D eigenvalue weighted by molar-refractivity contribution is 5.19. The van der Waals surface area contributed by atoms with Crippen molar-refractivity contribution in [1.82, 2.24) is 0 Å². The number of ether oxygens (including phenoxy) is 1. The van der Waals surface area contributed by atoms with Crippen LogP contribution in [-0.4, -0.2) is 18.7 Å². The molecule has 2 fully saturated rings. The van der Waals surface area contributed by atoms with E-state index in [0.29, 0.717) is 6.10 Å². The smallest absolute Gasteiger partial charge is 0.0571 e. The van der Waals surface area contributed by atoms with Crippen LogP contribution in [-0.2, 0) is 4.74 Å². The van der Waals surface area contributed by atoms with Gasteiger partial charge in [0.1, 0.15) is 0 Å². The molecule has 0 aromatic heterocycles. The minimum Gasteiger partial charge on any atom is -0.412 e. The Morgan fingerprint density at radius 1 is 0.818 bits per heavy atom. The molecule has 0 amide bonds. The average molecular weight is 617 g/mol. The summed E-state index contributed by atoms with van der Waals surface area (Å²) in [6.07, 6.45) is 36.6. The van der Waals surface area contributed by atoms with Gasteiger partial charge in [-0.25, -0.2) is 0 Å². The molecule has 0 aliphatic heterocycles. The van der Waals surface area contributed by atoms with Crippen molar-refractivity contribution in [3.05, 3.63) is 34.9 Å². The van der Waals surface area contributed by atoms with Crippen molar-refractivity contribution in [2.24, 2.45) is 29.6 Å². The molecule has 2 rings (SSSR count). The van der Waals surface area contributed by atoms with E-state index >= 15 is 0 Å². The van der Waals surface area contributed by atoms with Crippen LogP contribution in [0.15, 0.2) is 34.9 Å². The number of methoxy groups -OCH3 is 1. The van der Waals surface area contributed by atoms with E-state index in [0.717, 1.165) is 29.6 Å². The van der Waals surface area contributed by atoms with Crippen LogP contribution in [0, 0.1) is 29.6 Å². The third-order valence-corrected chi connectivity index (χ3v) is 10.7. The average Bonchev–Trinajstić information content (AvgIpc) is 3.88. The number of allylic oxidation sites excluding steroid dienone is 6. The minimum absolute atomic E-state index is 0. The highest BCUT2D eigenvalue weighted by atomic mass is 16.5. The van der Waals surface area contributed by atoms with Crippen molar-refractivity contribution in [3.8, 4) is 0 Å². The largest absolute Gasteiger partial charge is 0.412 e. The Balaban J connectivity index is 0.00000202. The predicted octanol–water partition coefficient (Wildman–Crippen LogP) is 13.4. The van der Waals surface area contributed by atoms with Crippen molar-refractivity contribution < 1.29 is 10.2 Å². The first-order chi connectivity index (χ1) is 20.8. The van der Waals surface area contributed by atoms with Crippen molar-refractivity contribution in [2.45, 2.75) is 196 Å². The maximum Gasteiger partial charge on any atom is 0.0571 e. The molecule has 2 aliphatic rings. The van der Waals surface area contributed by atoms with E-state index in [1.54, 1.807) is 12.7 Å². The summed E-state index contributed by atoms with van der Waals surface area (Å²) in [5.41, 5.74) is 5.38. The molecule has 260 valence electrons. The predicted molar refractivity (Wildman–Crippen MR) is 198 cm³/mol. The van der Waals surface area contributed by atoms with Gasteiger partial charge in [0.05, 0.1) is 6.10 Å². The van der Waals surface area contributed by atoms with Gasteiger partial charge in [0.25, 0.3) is 0 Å². The summed E-state index contributed by atoms with van der Waals surface area (Å²) >= 11 is 0. The fraction of sp³-hybridized carbons (Fsp3) is 0.857. The third-order valence-electron chi connectivity index (χ3n) is 10.7. The van der Waals surface area contributed by atoms with Crippen molar-refractivity contribution >= 4 is 0 Å². The van der Waals surface area contributed by atoms with Crippen LogP contribution >= 0.6 is 0 Å². The van der Waals surface area contributed by atoms with Gasteiger partial charge in [-0.2, -0.15) is 0 Å². The molecule has 2 N–H and O–H groups in total. The minimum atomic E-state index is 0. The van der Waals surface area contributed by atoms with Gasteiger partial charge in [-0.3, -0.25) is 0 Å². The molecule has 0 bridgehead atoms. The summed E-state index contributed by atoms with van der Waals surface area (Å²) in [5, 5.41) is 0. The van der Waals surface area contributed by atoms with Gasteiger partial charge in [0.15, 0.2) is 0 Å². The molecule has 0 aromatic carbocycles. The number of rotatable bonds is 22. The first-order valence-electron chi connectivity index (χ1n) is 19.3. The second-order valence-corrected chi connectivity index (χ2v) is 14.7. The first-order valence-corrected chi connectivity index (χ1v) is 19.3. The van der Waals surface area contributed by atoms with E-state index in [-0.39, 0.29) is 5.48 Å². The quantitative estimate of drug-likeness (QED) is 0.0881. The van der Waals surface area contributed by atoms with Gasteiger partial charge in [-0.15, -0.1) is 0 Å². The highest BCUT2D eigenvalue weighted by Gasteiger charge is 2.27. The summed E-state index contributed by atoms with van der Waals surface area (Å²) < 4.78 is 5.07. The number of hydrogen-bond donors (Lipinski definition) is 0. The Hall–Kier alpha value is -0.860. The van der Waals surface area contributed by atoms with E-state index < -0.39 is 0 Å². The van der Waals surface area contributed by atoms with Gasteiger partial charge < -0.3 is 10.2 Å².